The largest absolute Gasteiger partial charge is 0.369 e. The molecule has 14 heavy (non-hydrogen) atoms. The fraction of sp³-hybridized carbons (Fsp3) is 0.125. The molecule has 0 aliphatic rings. The van der Waals surface area contributed by atoms with E-state index in [9.17, 15) is 4.79 Å². The molecule has 0 unspecified atom stereocenters. The van der Waals surface area contributed by atoms with E-state index in [4.69, 9.17) is 11.0 Å². The summed E-state index contributed by atoms with van der Waals surface area (Å²) in [4.78, 5) is 14.5. The van der Waals surface area contributed by atoms with Crippen molar-refractivity contribution in [2.24, 2.45) is 5.73 Å². The molecule has 0 atom stereocenters. The van der Waals surface area contributed by atoms with Gasteiger partial charge >= 0.3 is 0 Å². The Morgan fingerprint density at radius 3 is 3.07 bits per heavy atom. The predicted molar refractivity (Wildman–Crippen MR) is 56.6 cm³/mol. The van der Waals surface area contributed by atoms with Gasteiger partial charge in [-0.3, -0.25) is 4.79 Å². The van der Waals surface area contributed by atoms with Crippen molar-refractivity contribution < 1.29 is 4.79 Å². The van der Waals surface area contributed by atoms with E-state index in [1.165, 1.54) is 0 Å². The van der Waals surface area contributed by atoms with E-state index in [1.54, 1.807) is 12.3 Å². The minimum atomic E-state index is -0.427. The summed E-state index contributed by atoms with van der Waals surface area (Å²) < 4.78 is 0.734. The number of aromatic nitrogens is 1. The van der Waals surface area contributed by atoms with Crippen molar-refractivity contribution in [1.29, 1.82) is 5.26 Å². The van der Waals surface area contributed by atoms with Crippen LogP contribution in [0, 0.1) is 11.3 Å². The quantitative estimate of drug-likeness (QED) is 0.841. The van der Waals surface area contributed by atoms with Crippen LogP contribution in [0.2, 0.25) is 0 Å². The number of nitriles is 1. The summed E-state index contributed by atoms with van der Waals surface area (Å²) in [6.07, 6.45) is 1.57. The van der Waals surface area contributed by atoms with Crippen LogP contribution in [0.25, 0.3) is 0 Å². The van der Waals surface area contributed by atoms with Crippen LogP contribution in [0.5, 0.6) is 0 Å². The molecule has 1 amide bonds. The third-order valence-corrected chi connectivity index (χ3v) is 2.75. The highest BCUT2D eigenvalue weighted by Crippen LogP contribution is 2.22. The second-order valence-electron chi connectivity index (χ2n) is 2.37. The smallest absolute Gasteiger partial charge is 0.227 e. The van der Waals surface area contributed by atoms with Crippen molar-refractivity contribution in [2.75, 3.05) is 5.75 Å². The fourth-order valence-corrected chi connectivity index (χ4v) is 1.76. The van der Waals surface area contributed by atoms with Gasteiger partial charge in [0, 0.05) is 10.7 Å². The summed E-state index contributed by atoms with van der Waals surface area (Å²) in [7, 11) is 0. The van der Waals surface area contributed by atoms with E-state index < -0.39 is 5.91 Å². The third kappa shape index (κ3) is 3.01. The second kappa shape index (κ2) is 4.98. The number of thioether (sulfide) groups is 1. The first-order chi connectivity index (χ1) is 6.63. The Morgan fingerprint density at radius 1 is 1.79 bits per heavy atom. The number of carbonyl (C=O) groups is 1. The van der Waals surface area contributed by atoms with Gasteiger partial charge in [-0.05, 0) is 22.0 Å². The van der Waals surface area contributed by atoms with Crippen molar-refractivity contribution >= 4 is 33.6 Å². The van der Waals surface area contributed by atoms with Gasteiger partial charge < -0.3 is 5.73 Å². The van der Waals surface area contributed by atoms with Gasteiger partial charge in [-0.1, -0.05) is 11.8 Å². The van der Waals surface area contributed by atoms with Gasteiger partial charge in [0.1, 0.15) is 11.1 Å². The van der Waals surface area contributed by atoms with E-state index in [0.29, 0.717) is 10.6 Å². The van der Waals surface area contributed by atoms with Gasteiger partial charge in [-0.2, -0.15) is 5.26 Å². The van der Waals surface area contributed by atoms with E-state index >= 15 is 0 Å². The topological polar surface area (TPSA) is 79.8 Å². The molecule has 1 aromatic heterocycles. The average molecular weight is 272 g/mol. The highest BCUT2D eigenvalue weighted by molar-refractivity contribution is 9.10. The SMILES string of the molecule is N#Cc1cc(Br)cnc1SCC(N)=O. The van der Waals surface area contributed by atoms with Crippen molar-refractivity contribution in [3.8, 4) is 6.07 Å². The molecule has 1 aromatic rings. The van der Waals surface area contributed by atoms with Crippen LogP contribution in [-0.4, -0.2) is 16.6 Å². The summed E-state index contributed by atoms with van der Waals surface area (Å²) in [6, 6.07) is 3.64. The number of rotatable bonds is 3. The number of nitrogens with two attached hydrogens (primary N) is 1. The summed E-state index contributed by atoms with van der Waals surface area (Å²) >= 11 is 4.36. The number of hydrogen-bond donors (Lipinski definition) is 1. The van der Waals surface area contributed by atoms with Crippen LogP contribution >= 0.6 is 27.7 Å². The maximum atomic E-state index is 10.5. The Morgan fingerprint density at radius 2 is 2.50 bits per heavy atom. The van der Waals surface area contributed by atoms with Gasteiger partial charge in [0.25, 0.3) is 0 Å². The average Bonchev–Trinajstić information content (AvgIpc) is 2.15. The number of primary amides is 1. The second-order valence-corrected chi connectivity index (χ2v) is 4.25. The Balaban J connectivity index is 2.87. The Labute approximate surface area is 93.6 Å². The highest BCUT2D eigenvalue weighted by Gasteiger charge is 2.06. The van der Waals surface area contributed by atoms with Crippen molar-refractivity contribution in [1.82, 2.24) is 4.98 Å². The molecule has 2 N–H and O–H groups in total. The zero-order valence-electron chi connectivity index (χ0n) is 7.03. The zero-order valence-corrected chi connectivity index (χ0v) is 9.43. The summed E-state index contributed by atoms with van der Waals surface area (Å²) in [6.45, 7) is 0. The monoisotopic (exact) mass is 271 g/mol. The van der Waals surface area contributed by atoms with E-state index in [0.717, 1.165) is 16.2 Å². The number of carbonyl (C=O) groups excluding carboxylic acids is 1. The number of pyridine rings is 1. The van der Waals surface area contributed by atoms with Crippen molar-refractivity contribution in [3.63, 3.8) is 0 Å². The minimum absolute atomic E-state index is 0.128. The van der Waals surface area contributed by atoms with Gasteiger partial charge in [-0.25, -0.2) is 4.98 Å². The Kier molecular flexibility index (Phi) is 3.92. The van der Waals surface area contributed by atoms with Gasteiger partial charge in [0.2, 0.25) is 5.91 Å². The molecule has 0 saturated carbocycles. The standard InChI is InChI=1S/C8H6BrN3OS/c9-6-1-5(2-10)8(12-3-6)14-4-7(11)13/h1,3H,4H2,(H2,11,13). The number of nitrogens with zero attached hydrogens (tertiary/aromatic N) is 2. The molecular formula is C8H6BrN3OS. The number of hydrogen-bond acceptors (Lipinski definition) is 4. The van der Waals surface area contributed by atoms with Crippen LogP contribution in [0.1, 0.15) is 5.56 Å². The first kappa shape index (κ1) is 11.0. The number of halogens is 1. The molecule has 72 valence electrons. The minimum Gasteiger partial charge on any atom is -0.369 e. The summed E-state index contributed by atoms with van der Waals surface area (Å²) in [5.74, 6) is -0.299. The lowest BCUT2D eigenvalue weighted by Gasteiger charge is -2.00. The third-order valence-electron chi connectivity index (χ3n) is 1.29. The normalized spacial score (nSPS) is 9.43. The van der Waals surface area contributed by atoms with E-state index in [1.807, 2.05) is 6.07 Å². The van der Waals surface area contributed by atoms with Crippen molar-refractivity contribution in [2.45, 2.75) is 5.03 Å². The predicted octanol–water partition coefficient (Wildman–Crippen LogP) is 1.29. The maximum Gasteiger partial charge on any atom is 0.227 e. The molecule has 0 fully saturated rings. The fourth-order valence-electron chi connectivity index (χ4n) is 0.761. The molecular weight excluding hydrogens is 266 g/mol. The lowest BCUT2D eigenvalue weighted by atomic mass is 10.3. The Bertz CT molecular complexity index is 402. The molecule has 0 aliphatic carbocycles. The van der Waals surface area contributed by atoms with E-state index in [-0.39, 0.29) is 5.75 Å². The van der Waals surface area contributed by atoms with Gasteiger partial charge in [-0.15, -0.1) is 0 Å². The first-order valence-electron chi connectivity index (χ1n) is 3.60. The molecule has 0 aromatic carbocycles. The lowest BCUT2D eigenvalue weighted by molar-refractivity contribution is -0.115. The molecule has 1 rings (SSSR count). The lowest BCUT2D eigenvalue weighted by Crippen LogP contribution is -2.13. The Hall–Kier alpha value is -1.06. The van der Waals surface area contributed by atoms with Gasteiger partial charge in [0.05, 0.1) is 11.3 Å². The molecule has 6 heteroatoms. The van der Waals surface area contributed by atoms with Crippen LogP contribution in [0.3, 0.4) is 0 Å². The highest BCUT2D eigenvalue weighted by atomic mass is 79.9. The summed E-state index contributed by atoms with van der Waals surface area (Å²) in [5.41, 5.74) is 5.42. The van der Waals surface area contributed by atoms with Crippen LogP contribution in [0.4, 0.5) is 0 Å². The first-order valence-corrected chi connectivity index (χ1v) is 5.38. The number of amides is 1. The molecule has 0 bridgehead atoms. The van der Waals surface area contributed by atoms with Crippen LogP contribution in [-0.2, 0) is 4.79 Å². The molecule has 1 heterocycles. The zero-order chi connectivity index (χ0) is 10.6. The van der Waals surface area contributed by atoms with Crippen LogP contribution in [0.15, 0.2) is 21.8 Å². The molecule has 0 saturated heterocycles. The maximum absolute atomic E-state index is 10.5. The van der Waals surface area contributed by atoms with Crippen molar-refractivity contribution in [3.05, 3.63) is 22.3 Å². The summed E-state index contributed by atoms with van der Waals surface area (Å²) in [5, 5.41) is 9.29. The van der Waals surface area contributed by atoms with E-state index in [2.05, 4.69) is 20.9 Å². The van der Waals surface area contributed by atoms with Gasteiger partial charge in [0.15, 0.2) is 0 Å². The molecule has 0 spiro atoms. The molecule has 0 aliphatic heterocycles. The van der Waals surface area contributed by atoms with Crippen LogP contribution < -0.4 is 5.73 Å². The molecule has 4 nitrogen and oxygen atoms in total. The molecule has 0 radical (unpaired) electrons.